The molecule has 0 radical (unpaired) electrons. The van der Waals surface area contributed by atoms with Crippen molar-refractivity contribution in [1.82, 2.24) is 10.1 Å². The summed E-state index contributed by atoms with van der Waals surface area (Å²) in [5.41, 5.74) is 0.833. The summed E-state index contributed by atoms with van der Waals surface area (Å²) in [7, 11) is 0. The van der Waals surface area contributed by atoms with E-state index in [1.165, 1.54) is 0 Å². The molecule has 0 N–H and O–H groups in total. The van der Waals surface area contributed by atoms with Crippen molar-refractivity contribution in [3.8, 4) is 0 Å². The van der Waals surface area contributed by atoms with Crippen LogP contribution in [0.15, 0.2) is 34.9 Å². The first kappa shape index (κ1) is 13.1. The van der Waals surface area contributed by atoms with Crippen LogP contribution in [0.5, 0.6) is 0 Å². The van der Waals surface area contributed by atoms with Crippen molar-refractivity contribution in [2.45, 2.75) is 38.0 Å². The number of aromatic nitrogens is 2. The van der Waals surface area contributed by atoms with Crippen molar-refractivity contribution in [1.29, 1.82) is 0 Å². The second kappa shape index (κ2) is 5.11. The number of alkyl halides is 1. The van der Waals surface area contributed by atoms with Gasteiger partial charge >= 0.3 is 0 Å². The maximum atomic E-state index is 6.12. The van der Waals surface area contributed by atoms with Gasteiger partial charge in [0, 0.05) is 0 Å². The molecule has 0 aliphatic carbocycles. The van der Waals surface area contributed by atoms with E-state index in [9.17, 15) is 0 Å². The van der Waals surface area contributed by atoms with Gasteiger partial charge in [0.15, 0.2) is 5.82 Å². The Morgan fingerprint density at radius 3 is 2.56 bits per heavy atom. The van der Waals surface area contributed by atoms with Gasteiger partial charge in [0.25, 0.3) is 0 Å². The normalized spacial score (nSPS) is 13.6. The number of halogens is 1. The van der Waals surface area contributed by atoms with Gasteiger partial charge in [-0.2, -0.15) is 4.98 Å². The average Bonchev–Trinajstić information content (AvgIpc) is 2.89. The van der Waals surface area contributed by atoms with Crippen LogP contribution in [0, 0.1) is 0 Å². The molecule has 1 aromatic carbocycles. The predicted octanol–water partition coefficient (Wildman–Crippen LogP) is 4.09. The molecule has 1 atom stereocenters. The number of nitrogens with zero attached hydrogens (tertiary/aromatic N) is 2. The van der Waals surface area contributed by atoms with Crippen molar-refractivity contribution >= 4 is 11.6 Å². The quantitative estimate of drug-likeness (QED) is 0.781. The van der Waals surface area contributed by atoms with E-state index in [4.69, 9.17) is 16.1 Å². The zero-order chi connectivity index (χ0) is 13.2. The molecule has 0 aliphatic heterocycles. The lowest BCUT2D eigenvalue weighted by molar-refractivity contribution is 0.329. The van der Waals surface area contributed by atoms with E-state index in [0.29, 0.717) is 11.7 Å². The van der Waals surface area contributed by atoms with Crippen LogP contribution in [0.25, 0.3) is 0 Å². The van der Waals surface area contributed by atoms with Crippen molar-refractivity contribution in [2.75, 3.05) is 0 Å². The average molecular weight is 265 g/mol. The fourth-order valence-corrected chi connectivity index (χ4v) is 1.87. The number of hydrogen-bond acceptors (Lipinski definition) is 3. The zero-order valence-electron chi connectivity index (χ0n) is 10.9. The first-order chi connectivity index (χ1) is 8.55. The zero-order valence-corrected chi connectivity index (χ0v) is 11.6. The van der Waals surface area contributed by atoms with E-state index in [1.807, 2.05) is 25.1 Å². The Hall–Kier alpha value is -1.35. The third-order valence-electron chi connectivity index (χ3n) is 3.11. The maximum absolute atomic E-state index is 6.12. The summed E-state index contributed by atoms with van der Waals surface area (Å²) >= 11 is 6.12. The molecule has 0 fully saturated rings. The molecule has 0 aliphatic rings. The van der Waals surface area contributed by atoms with E-state index in [2.05, 4.69) is 36.1 Å². The van der Waals surface area contributed by atoms with Gasteiger partial charge in [-0.05, 0) is 25.8 Å². The third kappa shape index (κ3) is 2.41. The first-order valence-electron chi connectivity index (χ1n) is 6.09. The molecule has 0 saturated carbocycles. The summed E-state index contributed by atoms with van der Waals surface area (Å²) in [6.07, 6.45) is 0.784. The number of rotatable bonds is 4. The molecular formula is C14H17ClN2O. The molecule has 1 unspecified atom stereocenters. The SMILES string of the molecule is CCC(Cl)c1noc(C(C)(C)c2ccccc2)n1. The molecular weight excluding hydrogens is 248 g/mol. The highest BCUT2D eigenvalue weighted by atomic mass is 35.5. The maximum Gasteiger partial charge on any atom is 0.236 e. The Morgan fingerprint density at radius 2 is 1.94 bits per heavy atom. The lowest BCUT2D eigenvalue weighted by atomic mass is 9.84. The highest BCUT2D eigenvalue weighted by Crippen LogP contribution is 2.31. The van der Waals surface area contributed by atoms with Gasteiger partial charge in [-0.3, -0.25) is 0 Å². The molecule has 0 spiro atoms. The first-order valence-corrected chi connectivity index (χ1v) is 6.53. The second-order valence-electron chi connectivity index (χ2n) is 4.82. The Morgan fingerprint density at radius 1 is 1.28 bits per heavy atom. The molecule has 1 aromatic heterocycles. The van der Waals surface area contributed by atoms with Crippen LogP contribution in [0.1, 0.15) is 49.8 Å². The monoisotopic (exact) mass is 264 g/mol. The van der Waals surface area contributed by atoms with Crippen LogP contribution in [-0.4, -0.2) is 10.1 Å². The number of benzene rings is 1. The summed E-state index contributed by atoms with van der Waals surface area (Å²) < 4.78 is 5.36. The summed E-state index contributed by atoms with van der Waals surface area (Å²) in [5.74, 6) is 1.17. The minimum absolute atomic E-state index is 0.186. The Labute approximate surface area is 112 Å². The van der Waals surface area contributed by atoms with E-state index >= 15 is 0 Å². The fourth-order valence-electron chi connectivity index (χ4n) is 1.78. The molecule has 0 bridgehead atoms. The van der Waals surface area contributed by atoms with Gasteiger partial charge in [0.2, 0.25) is 5.89 Å². The topological polar surface area (TPSA) is 38.9 Å². The molecule has 1 heterocycles. The Bertz CT molecular complexity index is 508. The van der Waals surface area contributed by atoms with Gasteiger partial charge in [0.05, 0.1) is 10.8 Å². The van der Waals surface area contributed by atoms with Crippen molar-refractivity contribution in [2.24, 2.45) is 0 Å². The molecule has 4 heteroatoms. The smallest absolute Gasteiger partial charge is 0.236 e. The molecule has 2 aromatic rings. The molecule has 0 amide bonds. The minimum atomic E-state index is -0.309. The summed E-state index contributed by atoms with van der Waals surface area (Å²) in [4.78, 5) is 4.42. The fraction of sp³-hybridized carbons (Fsp3) is 0.429. The van der Waals surface area contributed by atoms with Crippen molar-refractivity contribution in [3.05, 3.63) is 47.6 Å². The summed E-state index contributed by atoms with van der Waals surface area (Å²) in [5, 5.41) is 3.77. The Balaban J connectivity index is 2.33. The molecule has 18 heavy (non-hydrogen) atoms. The third-order valence-corrected chi connectivity index (χ3v) is 3.61. The van der Waals surface area contributed by atoms with Gasteiger partial charge in [-0.25, -0.2) is 0 Å². The van der Waals surface area contributed by atoms with Crippen LogP contribution in [0.4, 0.5) is 0 Å². The van der Waals surface area contributed by atoms with Crippen molar-refractivity contribution < 1.29 is 4.52 Å². The highest BCUT2D eigenvalue weighted by molar-refractivity contribution is 6.20. The van der Waals surface area contributed by atoms with Gasteiger partial charge in [-0.1, -0.05) is 42.4 Å². The van der Waals surface area contributed by atoms with E-state index in [-0.39, 0.29) is 10.8 Å². The van der Waals surface area contributed by atoms with E-state index in [1.54, 1.807) is 0 Å². The largest absolute Gasteiger partial charge is 0.338 e. The summed E-state index contributed by atoms with van der Waals surface area (Å²) in [6, 6.07) is 10.1. The second-order valence-corrected chi connectivity index (χ2v) is 5.35. The molecule has 0 saturated heterocycles. The highest BCUT2D eigenvalue weighted by Gasteiger charge is 2.30. The van der Waals surface area contributed by atoms with Crippen LogP contribution in [0.2, 0.25) is 0 Å². The molecule has 3 nitrogen and oxygen atoms in total. The summed E-state index contributed by atoms with van der Waals surface area (Å²) in [6.45, 7) is 6.12. The lowest BCUT2D eigenvalue weighted by Gasteiger charge is -2.20. The van der Waals surface area contributed by atoms with Crippen LogP contribution in [-0.2, 0) is 5.41 Å². The van der Waals surface area contributed by atoms with E-state index < -0.39 is 0 Å². The minimum Gasteiger partial charge on any atom is -0.338 e. The van der Waals surface area contributed by atoms with Gasteiger partial charge in [-0.15, -0.1) is 11.6 Å². The standard InChI is InChI=1S/C14H17ClN2O/c1-4-11(15)12-16-13(18-17-12)14(2,3)10-8-6-5-7-9-10/h5-9,11H,4H2,1-3H3. The predicted molar refractivity (Wildman–Crippen MR) is 71.8 cm³/mol. The van der Waals surface area contributed by atoms with Crippen LogP contribution >= 0.6 is 11.6 Å². The van der Waals surface area contributed by atoms with Crippen LogP contribution in [0.3, 0.4) is 0 Å². The van der Waals surface area contributed by atoms with Crippen molar-refractivity contribution in [3.63, 3.8) is 0 Å². The van der Waals surface area contributed by atoms with Gasteiger partial charge < -0.3 is 4.52 Å². The van der Waals surface area contributed by atoms with Crippen LogP contribution < -0.4 is 0 Å². The number of hydrogen-bond donors (Lipinski definition) is 0. The lowest BCUT2D eigenvalue weighted by Crippen LogP contribution is -2.19. The van der Waals surface area contributed by atoms with E-state index in [0.717, 1.165) is 12.0 Å². The Kier molecular flexibility index (Phi) is 3.71. The molecule has 2 rings (SSSR count). The molecule has 96 valence electrons. The van der Waals surface area contributed by atoms with Gasteiger partial charge in [0.1, 0.15) is 0 Å².